The fourth-order valence-electron chi connectivity index (χ4n) is 3.67. The van der Waals surface area contributed by atoms with Crippen LogP contribution in [-0.2, 0) is 0 Å². The van der Waals surface area contributed by atoms with E-state index in [2.05, 4.69) is 36.4 Å². The summed E-state index contributed by atoms with van der Waals surface area (Å²) in [6.07, 6.45) is 0. The van der Waals surface area contributed by atoms with Crippen molar-refractivity contribution < 1.29 is 0 Å². The van der Waals surface area contributed by atoms with Crippen LogP contribution in [0.2, 0.25) is 5.02 Å². The molecule has 0 aliphatic rings. The summed E-state index contributed by atoms with van der Waals surface area (Å²) in [7, 11) is 0. The lowest BCUT2D eigenvalue weighted by molar-refractivity contribution is 1.18. The first-order valence-corrected chi connectivity index (χ1v) is 10.5. The average Bonchev–Trinajstić information content (AvgIpc) is 2.85. The molecule has 5 rings (SSSR count). The van der Waals surface area contributed by atoms with Gasteiger partial charge in [0.15, 0.2) is 5.82 Å². The predicted octanol–water partition coefficient (Wildman–Crippen LogP) is 7.80. The van der Waals surface area contributed by atoms with Crippen molar-refractivity contribution in [2.24, 2.45) is 0 Å². The number of rotatable bonds is 4. The molecule has 0 radical (unpaired) electrons. The number of hydrogen-bond acceptors (Lipinski definition) is 2. The molecular weight excluding hydrogens is 400 g/mol. The van der Waals surface area contributed by atoms with Gasteiger partial charge in [-0.15, -0.1) is 0 Å². The van der Waals surface area contributed by atoms with Gasteiger partial charge in [-0.25, -0.2) is 9.97 Å². The minimum absolute atomic E-state index is 0.684. The molecule has 1 aromatic heterocycles. The summed E-state index contributed by atoms with van der Waals surface area (Å²) in [5, 5.41) is 0.684. The van der Waals surface area contributed by atoms with Crippen LogP contribution in [-0.4, -0.2) is 9.97 Å². The van der Waals surface area contributed by atoms with E-state index in [1.54, 1.807) is 0 Å². The van der Waals surface area contributed by atoms with Crippen molar-refractivity contribution in [1.29, 1.82) is 0 Å². The maximum atomic E-state index is 6.27. The van der Waals surface area contributed by atoms with E-state index < -0.39 is 0 Å². The van der Waals surface area contributed by atoms with Crippen molar-refractivity contribution in [3.05, 3.63) is 120 Å². The normalized spacial score (nSPS) is 10.7. The highest BCUT2D eigenvalue weighted by atomic mass is 35.5. The van der Waals surface area contributed by atoms with Gasteiger partial charge in [-0.05, 0) is 29.3 Å². The molecule has 0 bridgehead atoms. The van der Waals surface area contributed by atoms with Gasteiger partial charge < -0.3 is 0 Å². The first kappa shape index (κ1) is 19.2. The zero-order valence-electron chi connectivity index (χ0n) is 16.7. The van der Waals surface area contributed by atoms with Crippen LogP contribution in [0.3, 0.4) is 0 Å². The first-order valence-electron chi connectivity index (χ1n) is 10.1. The Morgan fingerprint density at radius 3 is 1.68 bits per heavy atom. The Balaban J connectivity index is 1.74. The topological polar surface area (TPSA) is 25.8 Å². The first-order chi connectivity index (χ1) is 15.3. The third kappa shape index (κ3) is 4.11. The molecular formula is C28H19ClN2. The molecule has 0 aliphatic carbocycles. The van der Waals surface area contributed by atoms with Crippen LogP contribution in [0.5, 0.6) is 0 Å². The van der Waals surface area contributed by atoms with Crippen LogP contribution in [0.1, 0.15) is 0 Å². The standard InChI is InChI=1S/C28H19ClN2/c29-23-15-9-14-22(18-23)27-19-26(21-12-5-2-6-13-21)30-28(31-27)25-17-8-7-16-24(25)20-10-3-1-4-11-20/h1-19H. The Morgan fingerprint density at radius 2 is 1.00 bits per heavy atom. The van der Waals surface area contributed by atoms with Gasteiger partial charge in [0.1, 0.15) is 0 Å². The highest BCUT2D eigenvalue weighted by Gasteiger charge is 2.14. The van der Waals surface area contributed by atoms with Gasteiger partial charge in [-0.2, -0.15) is 0 Å². The molecule has 3 heteroatoms. The fraction of sp³-hybridized carbons (Fsp3) is 0. The SMILES string of the molecule is Clc1cccc(-c2cc(-c3ccccc3)nc(-c3ccccc3-c3ccccc3)n2)c1. The molecule has 0 N–H and O–H groups in total. The number of benzene rings is 4. The van der Waals surface area contributed by atoms with Crippen molar-refractivity contribution in [2.45, 2.75) is 0 Å². The zero-order valence-corrected chi connectivity index (χ0v) is 17.5. The van der Waals surface area contributed by atoms with Crippen LogP contribution in [0.15, 0.2) is 115 Å². The van der Waals surface area contributed by atoms with Crippen LogP contribution < -0.4 is 0 Å². The van der Waals surface area contributed by atoms with Crippen molar-refractivity contribution in [1.82, 2.24) is 9.97 Å². The molecule has 0 saturated heterocycles. The van der Waals surface area contributed by atoms with Gasteiger partial charge in [0.2, 0.25) is 0 Å². The highest BCUT2D eigenvalue weighted by Crippen LogP contribution is 2.33. The van der Waals surface area contributed by atoms with Gasteiger partial charge in [0, 0.05) is 21.7 Å². The quantitative estimate of drug-likeness (QED) is 0.297. The Kier molecular flexibility index (Phi) is 5.30. The van der Waals surface area contributed by atoms with E-state index in [0.717, 1.165) is 39.2 Å². The molecule has 0 fully saturated rings. The zero-order chi connectivity index (χ0) is 21.0. The van der Waals surface area contributed by atoms with E-state index in [1.165, 1.54) is 0 Å². The summed E-state index contributed by atoms with van der Waals surface area (Å²) in [6.45, 7) is 0. The Hall–Kier alpha value is -3.75. The molecule has 2 nitrogen and oxygen atoms in total. The maximum absolute atomic E-state index is 6.27. The third-order valence-corrected chi connectivity index (χ3v) is 5.40. The number of nitrogens with zero attached hydrogens (tertiary/aromatic N) is 2. The second-order valence-corrected chi connectivity index (χ2v) is 7.69. The lowest BCUT2D eigenvalue weighted by Crippen LogP contribution is -1.97. The summed E-state index contributed by atoms with van der Waals surface area (Å²) >= 11 is 6.27. The van der Waals surface area contributed by atoms with E-state index >= 15 is 0 Å². The molecule has 1 heterocycles. The van der Waals surface area contributed by atoms with Crippen LogP contribution >= 0.6 is 11.6 Å². The lowest BCUT2D eigenvalue weighted by Gasteiger charge is -2.12. The number of hydrogen-bond donors (Lipinski definition) is 0. The molecule has 0 amide bonds. The minimum Gasteiger partial charge on any atom is -0.228 e. The van der Waals surface area contributed by atoms with Crippen LogP contribution in [0.25, 0.3) is 45.0 Å². The van der Waals surface area contributed by atoms with Gasteiger partial charge in [0.25, 0.3) is 0 Å². The summed E-state index contributed by atoms with van der Waals surface area (Å²) in [4.78, 5) is 9.92. The highest BCUT2D eigenvalue weighted by molar-refractivity contribution is 6.30. The molecule has 0 unspecified atom stereocenters. The van der Waals surface area contributed by atoms with Crippen LogP contribution in [0.4, 0.5) is 0 Å². The fourth-order valence-corrected chi connectivity index (χ4v) is 3.86. The summed E-state index contributed by atoms with van der Waals surface area (Å²) in [6, 6.07) is 38.6. The Morgan fingerprint density at radius 1 is 0.452 bits per heavy atom. The van der Waals surface area contributed by atoms with Crippen molar-refractivity contribution >= 4 is 11.6 Å². The molecule has 0 atom stereocenters. The van der Waals surface area contributed by atoms with Crippen molar-refractivity contribution in [2.75, 3.05) is 0 Å². The number of aromatic nitrogens is 2. The molecule has 0 spiro atoms. The Bertz CT molecular complexity index is 1330. The smallest absolute Gasteiger partial charge is 0.161 e. The molecule has 4 aromatic carbocycles. The van der Waals surface area contributed by atoms with Crippen LogP contribution in [0, 0.1) is 0 Å². The second kappa shape index (κ2) is 8.55. The van der Waals surface area contributed by atoms with E-state index in [1.807, 2.05) is 78.9 Å². The minimum atomic E-state index is 0.684. The average molecular weight is 419 g/mol. The lowest BCUT2D eigenvalue weighted by atomic mass is 9.98. The van der Waals surface area contributed by atoms with Crippen molar-refractivity contribution in [3.63, 3.8) is 0 Å². The molecule has 148 valence electrons. The number of halogens is 1. The molecule has 0 aliphatic heterocycles. The van der Waals surface area contributed by atoms with E-state index in [-0.39, 0.29) is 0 Å². The summed E-state index contributed by atoms with van der Waals surface area (Å²) in [5.41, 5.74) is 6.96. The van der Waals surface area contributed by atoms with E-state index in [4.69, 9.17) is 21.6 Å². The van der Waals surface area contributed by atoms with Gasteiger partial charge in [-0.3, -0.25) is 0 Å². The van der Waals surface area contributed by atoms with Crippen molar-refractivity contribution in [3.8, 4) is 45.0 Å². The maximum Gasteiger partial charge on any atom is 0.161 e. The summed E-state index contributed by atoms with van der Waals surface area (Å²) in [5.74, 6) is 0.691. The largest absolute Gasteiger partial charge is 0.228 e. The Labute approximate surface area is 186 Å². The van der Waals surface area contributed by atoms with Gasteiger partial charge >= 0.3 is 0 Å². The molecule has 31 heavy (non-hydrogen) atoms. The van der Waals surface area contributed by atoms with Gasteiger partial charge in [0.05, 0.1) is 11.4 Å². The monoisotopic (exact) mass is 418 g/mol. The second-order valence-electron chi connectivity index (χ2n) is 7.25. The molecule has 5 aromatic rings. The summed E-state index contributed by atoms with van der Waals surface area (Å²) < 4.78 is 0. The predicted molar refractivity (Wildman–Crippen MR) is 129 cm³/mol. The van der Waals surface area contributed by atoms with E-state index in [0.29, 0.717) is 10.8 Å². The van der Waals surface area contributed by atoms with E-state index in [9.17, 15) is 0 Å². The molecule has 0 saturated carbocycles. The van der Waals surface area contributed by atoms with Gasteiger partial charge in [-0.1, -0.05) is 109 Å². The third-order valence-electron chi connectivity index (χ3n) is 5.17.